The molecule has 110 valence electrons. The van der Waals surface area contributed by atoms with E-state index in [0.717, 1.165) is 19.6 Å². The molecule has 0 aliphatic carbocycles. The van der Waals surface area contributed by atoms with Gasteiger partial charge in [0.2, 0.25) is 0 Å². The first kappa shape index (κ1) is 15.5. The highest BCUT2D eigenvalue weighted by atomic mass is 35.5. The molecule has 2 heterocycles. The Morgan fingerprint density at radius 3 is 2.65 bits per heavy atom. The van der Waals surface area contributed by atoms with Gasteiger partial charge in [-0.05, 0) is 32.0 Å². The number of carbonyl (C=O) groups excluding carboxylic acids is 1. The summed E-state index contributed by atoms with van der Waals surface area (Å²) in [7, 11) is 0. The fraction of sp³-hybridized carbons (Fsp3) is 0.571. The zero-order chi connectivity index (χ0) is 14.4. The van der Waals surface area contributed by atoms with Crippen molar-refractivity contribution in [2.45, 2.75) is 25.7 Å². The predicted octanol–water partition coefficient (Wildman–Crippen LogP) is 2.99. The summed E-state index contributed by atoms with van der Waals surface area (Å²) >= 11 is 11.7. The van der Waals surface area contributed by atoms with Gasteiger partial charge in [-0.3, -0.25) is 4.79 Å². The van der Waals surface area contributed by atoms with Crippen molar-refractivity contribution in [3.05, 3.63) is 28.0 Å². The van der Waals surface area contributed by atoms with E-state index < -0.39 is 0 Å². The van der Waals surface area contributed by atoms with Gasteiger partial charge in [-0.2, -0.15) is 0 Å². The summed E-state index contributed by atoms with van der Waals surface area (Å²) in [5.74, 6) is -0.200. The molecule has 1 aliphatic heterocycles. The Morgan fingerprint density at radius 1 is 1.25 bits per heavy atom. The molecule has 0 saturated carbocycles. The second-order valence-electron chi connectivity index (χ2n) is 5.00. The zero-order valence-electron chi connectivity index (χ0n) is 11.4. The van der Waals surface area contributed by atoms with Gasteiger partial charge in [-0.25, -0.2) is 4.98 Å². The standard InChI is InChI=1S/C14H19Cl2N3O/c15-12-10-18-13(16)9-11(12)14(20)17-5-8-19-6-3-1-2-4-7-19/h9-10H,1-8H2,(H,17,20). The van der Waals surface area contributed by atoms with Gasteiger partial charge < -0.3 is 10.2 Å². The Kier molecular flexibility index (Phi) is 6.07. The van der Waals surface area contributed by atoms with Crippen LogP contribution in [0, 0.1) is 0 Å². The van der Waals surface area contributed by atoms with Crippen LogP contribution in [0.4, 0.5) is 0 Å². The summed E-state index contributed by atoms with van der Waals surface area (Å²) < 4.78 is 0. The van der Waals surface area contributed by atoms with E-state index in [-0.39, 0.29) is 11.1 Å². The van der Waals surface area contributed by atoms with Crippen molar-refractivity contribution in [3.8, 4) is 0 Å². The number of pyridine rings is 1. The molecule has 1 aromatic rings. The second-order valence-corrected chi connectivity index (χ2v) is 5.79. The maximum absolute atomic E-state index is 12.0. The van der Waals surface area contributed by atoms with E-state index in [4.69, 9.17) is 23.2 Å². The van der Waals surface area contributed by atoms with Crippen LogP contribution in [0.1, 0.15) is 36.0 Å². The molecule has 1 aliphatic rings. The Labute approximate surface area is 129 Å². The third kappa shape index (κ3) is 4.62. The van der Waals surface area contributed by atoms with Gasteiger partial charge in [0.1, 0.15) is 5.15 Å². The van der Waals surface area contributed by atoms with Crippen LogP contribution in [0.25, 0.3) is 0 Å². The van der Waals surface area contributed by atoms with Gasteiger partial charge in [0.25, 0.3) is 5.91 Å². The van der Waals surface area contributed by atoms with Gasteiger partial charge in [-0.1, -0.05) is 36.0 Å². The summed E-state index contributed by atoms with van der Waals surface area (Å²) in [5, 5.41) is 3.47. The molecule has 4 nitrogen and oxygen atoms in total. The lowest BCUT2D eigenvalue weighted by Gasteiger charge is -2.19. The number of aromatic nitrogens is 1. The number of hydrogen-bond donors (Lipinski definition) is 1. The largest absolute Gasteiger partial charge is 0.351 e. The van der Waals surface area contributed by atoms with E-state index in [9.17, 15) is 4.79 Å². The summed E-state index contributed by atoms with van der Waals surface area (Å²) in [4.78, 5) is 18.3. The van der Waals surface area contributed by atoms with Crippen molar-refractivity contribution in [2.75, 3.05) is 26.2 Å². The molecule has 0 spiro atoms. The van der Waals surface area contributed by atoms with Crippen molar-refractivity contribution in [2.24, 2.45) is 0 Å². The molecule has 6 heteroatoms. The number of nitrogens with zero attached hydrogens (tertiary/aromatic N) is 2. The number of nitrogens with one attached hydrogen (secondary N) is 1. The van der Waals surface area contributed by atoms with Crippen LogP contribution in [0.3, 0.4) is 0 Å². The van der Waals surface area contributed by atoms with E-state index >= 15 is 0 Å². The zero-order valence-corrected chi connectivity index (χ0v) is 12.9. The van der Waals surface area contributed by atoms with Gasteiger partial charge >= 0.3 is 0 Å². The maximum Gasteiger partial charge on any atom is 0.253 e. The normalized spacial score (nSPS) is 16.7. The van der Waals surface area contributed by atoms with Crippen LogP contribution in [-0.2, 0) is 0 Å². The molecule has 1 fully saturated rings. The lowest BCUT2D eigenvalue weighted by atomic mass is 10.2. The third-order valence-corrected chi connectivity index (χ3v) is 3.99. The molecule has 2 rings (SSSR count). The van der Waals surface area contributed by atoms with Crippen molar-refractivity contribution < 1.29 is 4.79 Å². The molecule has 0 radical (unpaired) electrons. The third-order valence-electron chi connectivity index (χ3n) is 3.48. The first-order valence-electron chi connectivity index (χ1n) is 6.98. The Hall–Kier alpha value is -0.840. The lowest BCUT2D eigenvalue weighted by Crippen LogP contribution is -2.35. The van der Waals surface area contributed by atoms with Crippen LogP contribution >= 0.6 is 23.2 Å². The monoisotopic (exact) mass is 315 g/mol. The van der Waals surface area contributed by atoms with E-state index in [2.05, 4.69) is 15.2 Å². The molecular formula is C14H19Cl2N3O. The number of rotatable bonds is 4. The van der Waals surface area contributed by atoms with Gasteiger partial charge in [-0.15, -0.1) is 0 Å². The average Bonchev–Trinajstić information content (AvgIpc) is 2.70. The molecule has 0 bridgehead atoms. The Bertz CT molecular complexity index is 460. The number of carbonyl (C=O) groups is 1. The molecule has 1 amide bonds. The van der Waals surface area contributed by atoms with Crippen LogP contribution in [0.5, 0.6) is 0 Å². The van der Waals surface area contributed by atoms with Crippen molar-refractivity contribution in [1.29, 1.82) is 0 Å². The SMILES string of the molecule is O=C(NCCN1CCCCCC1)c1cc(Cl)ncc1Cl. The fourth-order valence-corrected chi connectivity index (χ4v) is 2.72. The second kappa shape index (κ2) is 7.81. The van der Waals surface area contributed by atoms with Crippen LogP contribution < -0.4 is 5.32 Å². The molecule has 0 atom stereocenters. The highest BCUT2D eigenvalue weighted by Gasteiger charge is 2.13. The number of amides is 1. The molecule has 0 aromatic carbocycles. The van der Waals surface area contributed by atoms with Gasteiger partial charge in [0.15, 0.2) is 0 Å². The van der Waals surface area contributed by atoms with E-state index in [1.165, 1.54) is 37.9 Å². The van der Waals surface area contributed by atoms with E-state index in [0.29, 0.717) is 17.1 Å². The number of hydrogen-bond acceptors (Lipinski definition) is 3. The van der Waals surface area contributed by atoms with Crippen molar-refractivity contribution >= 4 is 29.1 Å². The van der Waals surface area contributed by atoms with Crippen molar-refractivity contribution in [3.63, 3.8) is 0 Å². The Morgan fingerprint density at radius 2 is 1.95 bits per heavy atom. The summed E-state index contributed by atoms with van der Waals surface area (Å²) in [5.41, 5.74) is 0.377. The van der Waals surface area contributed by atoms with E-state index in [1.807, 2.05) is 0 Å². The lowest BCUT2D eigenvalue weighted by molar-refractivity contribution is 0.0948. The minimum atomic E-state index is -0.200. The smallest absolute Gasteiger partial charge is 0.253 e. The van der Waals surface area contributed by atoms with Crippen LogP contribution in [0.15, 0.2) is 12.3 Å². The highest BCUT2D eigenvalue weighted by Crippen LogP contribution is 2.17. The topological polar surface area (TPSA) is 45.2 Å². The molecule has 1 N–H and O–H groups in total. The van der Waals surface area contributed by atoms with Crippen LogP contribution in [0.2, 0.25) is 10.2 Å². The summed E-state index contributed by atoms with van der Waals surface area (Å²) in [6, 6.07) is 1.49. The quantitative estimate of drug-likeness (QED) is 0.869. The molecule has 0 unspecified atom stereocenters. The number of likely N-dealkylation sites (tertiary alicyclic amines) is 1. The first-order valence-corrected chi connectivity index (χ1v) is 7.74. The average molecular weight is 316 g/mol. The maximum atomic E-state index is 12.0. The summed E-state index contributed by atoms with van der Waals surface area (Å²) in [6.45, 7) is 3.74. The highest BCUT2D eigenvalue weighted by molar-refractivity contribution is 6.35. The molecular weight excluding hydrogens is 297 g/mol. The Balaban J connectivity index is 1.81. The molecule has 1 aromatic heterocycles. The predicted molar refractivity (Wildman–Crippen MR) is 81.5 cm³/mol. The van der Waals surface area contributed by atoms with Crippen LogP contribution in [-0.4, -0.2) is 42.0 Å². The molecule has 1 saturated heterocycles. The summed E-state index contributed by atoms with van der Waals surface area (Å²) in [6.07, 6.45) is 6.52. The first-order chi connectivity index (χ1) is 9.66. The minimum absolute atomic E-state index is 0.200. The minimum Gasteiger partial charge on any atom is -0.351 e. The van der Waals surface area contributed by atoms with E-state index in [1.54, 1.807) is 0 Å². The van der Waals surface area contributed by atoms with Crippen molar-refractivity contribution in [1.82, 2.24) is 15.2 Å². The fourth-order valence-electron chi connectivity index (χ4n) is 2.37. The number of halogens is 2. The van der Waals surface area contributed by atoms with Gasteiger partial charge in [0, 0.05) is 19.3 Å². The molecule has 20 heavy (non-hydrogen) atoms. The van der Waals surface area contributed by atoms with Gasteiger partial charge in [0.05, 0.1) is 10.6 Å².